The van der Waals surface area contributed by atoms with Crippen molar-refractivity contribution in [3.63, 3.8) is 0 Å². The standard InChI is InChI=1S/C7H9BO2.C7H7Br/c1-6-2-4-7(5-3-6)8(9)10;1-6-2-4-7(8)5-3-6/h2-5,9-10H,1H3;2-5H,1H3. The second-order valence-corrected chi connectivity index (χ2v) is 5.00. The number of hydrogen-bond donors (Lipinski definition) is 2. The highest BCUT2D eigenvalue weighted by Gasteiger charge is 2.08. The maximum Gasteiger partial charge on any atom is 0.488 e. The summed E-state index contributed by atoms with van der Waals surface area (Å²) in [6, 6.07) is 15.3. The van der Waals surface area contributed by atoms with Crippen molar-refractivity contribution in [3.8, 4) is 0 Å². The SMILES string of the molecule is Cc1ccc(B(O)O)cc1.Cc1ccc(Br)cc1. The van der Waals surface area contributed by atoms with Crippen LogP contribution in [0.3, 0.4) is 0 Å². The molecule has 0 heterocycles. The van der Waals surface area contributed by atoms with Crippen molar-refractivity contribution in [1.82, 2.24) is 0 Å². The maximum atomic E-state index is 8.67. The molecular formula is C14H16BBrO2. The average molecular weight is 307 g/mol. The van der Waals surface area contributed by atoms with Crippen LogP contribution < -0.4 is 5.46 Å². The minimum atomic E-state index is -1.35. The van der Waals surface area contributed by atoms with Crippen molar-refractivity contribution < 1.29 is 10.0 Å². The van der Waals surface area contributed by atoms with E-state index in [9.17, 15) is 0 Å². The summed E-state index contributed by atoms with van der Waals surface area (Å²) in [5, 5.41) is 17.3. The van der Waals surface area contributed by atoms with E-state index in [1.165, 1.54) is 5.56 Å². The van der Waals surface area contributed by atoms with E-state index < -0.39 is 7.12 Å². The number of hydrogen-bond acceptors (Lipinski definition) is 2. The molecule has 94 valence electrons. The van der Waals surface area contributed by atoms with Gasteiger partial charge in [-0.2, -0.15) is 0 Å². The normalized spacial score (nSPS) is 9.39. The molecule has 2 aromatic rings. The van der Waals surface area contributed by atoms with Crippen LogP contribution in [0.1, 0.15) is 11.1 Å². The number of halogens is 1. The van der Waals surface area contributed by atoms with Gasteiger partial charge >= 0.3 is 7.12 Å². The highest BCUT2D eigenvalue weighted by atomic mass is 79.9. The van der Waals surface area contributed by atoms with Gasteiger partial charge in [0.2, 0.25) is 0 Å². The molecule has 0 aliphatic heterocycles. The van der Waals surface area contributed by atoms with Crippen molar-refractivity contribution in [1.29, 1.82) is 0 Å². The molecule has 0 saturated carbocycles. The largest absolute Gasteiger partial charge is 0.488 e. The average Bonchev–Trinajstić information content (AvgIpc) is 2.34. The summed E-state index contributed by atoms with van der Waals surface area (Å²) in [5.74, 6) is 0. The number of rotatable bonds is 1. The molecule has 0 aliphatic carbocycles. The first kappa shape index (κ1) is 15.0. The molecule has 0 saturated heterocycles. The Morgan fingerprint density at radius 3 is 1.50 bits per heavy atom. The fourth-order valence-electron chi connectivity index (χ4n) is 1.27. The predicted octanol–water partition coefficient (Wildman–Crippen LogP) is 2.43. The lowest BCUT2D eigenvalue weighted by Crippen LogP contribution is -2.29. The van der Waals surface area contributed by atoms with Crippen LogP contribution in [0, 0.1) is 13.8 Å². The molecule has 0 radical (unpaired) electrons. The van der Waals surface area contributed by atoms with Crippen LogP contribution in [-0.4, -0.2) is 17.2 Å². The first-order valence-electron chi connectivity index (χ1n) is 5.64. The number of aryl methyl sites for hydroxylation is 2. The zero-order valence-corrected chi connectivity index (χ0v) is 12.1. The molecule has 2 rings (SSSR count). The highest BCUT2D eigenvalue weighted by molar-refractivity contribution is 9.10. The van der Waals surface area contributed by atoms with E-state index >= 15 is 0 Å². The lowest BCUT2D eigenvalue weighted by Gasteiger charge is -1.97. The van der Waals surface area contributed by atoms with Crippen LogP contribution in [0.5, 0.6) is 0 Å². The fourth-order valence-corrected chi connectivity index (χ4v) is 1.54. The Labute approximate surface area is 117 Å². The molecule has 0 atom stereocenters. The maximum absolute atomic E-state index is 8.67. The van der Waals surface area contributed by atoms with E-state index in [1.54, 1.807) is 12.1 Å². The van der Waals surface area contributed by atoms with Crippen LogP contribution in [0.2, 0.25) is 0 Å². The van der Waals surface area contributed by atoms with Crippen LogP contribution >= 0.6 is 15.9 Å². The van der Waals surface area contributed by atoms with E-state index in [4.69, 9.17) is 10.0 Å². The Morgan fingerprint density at radius 2 is 1.17 bits per heavy atom. The zero-order valence-electron chi connectivity index (χ0n) is 10.5. The quantitative estimate of drug-likeness (QED) is 0.795. The third-order valence-electron chi connectivity index (χ3n) is 2.39. The van der Waals surface area contributed by atoms with E-state index in [0.717, 1.165) is 10.0 Å². The molecule has 0 bridgehead atoms. The summed E-state index contributed by atoms with van der Waals surface area (Å²) in [6.45, 7) is 4.03. The van der Waals surface area contributed by atoms with Crippen LogP contribution in [0.4, 0.5) is 0 Å². The zero-order chi connectivity index (χ0) is 13.5. The van der Waals surface area contributed by atoms with Gasteiger partial charge in [-0.1, -0.05) is 63.5 Å². The van der Waals surface area contributed by atoms with Gasteiger partial charge in [-0.05, 0) is 31.4 Å². The van der Waals surface area contributed by atoms with Crippen LogP contribution in [-0.2, 0) is 0 Å². The summed E-state index contributed by atoms with van der Waals surface area (Å²) in [4.78, 5) is 0. The minimum absolute atomic E-state index is 0.533. The molecule has 0 amide bonds. The van der Waals surface area contributed by atoms with E-state index in [0.29, 0.717) is 5.46 Å². The summed E-state index contributed by atoms with van der Waals surface area (Å²) >= 11 is 3.35. The molecular weight excluding hydrogens is 291 g/mol. The molecule has 0 aliphatic rings. The molecule has 2 aromatic carbocycles. The molecule has 0 aromatic heterocycles. The van der Waals surface area contributed by atoms with Crippen LogP contribution in [0.25, 0.3) is 0 Å². The molecule has 18 heavy (non-hydrogen) atoms. The molecule has 4 heteroatoms. The molecule has 0 fully saturated rings. The first-order chi connectivity index (χ1) is 8.49. The first-order valence-corrected chi connectivity index (χ1v) is 6.43. The molecule has 0 spiro atoms. The van der Waals surface area contributed by atoms with Gasteiger partial charge in [0.25, 0.3) is 0 Å². The summed E-state index contributed by atoms with van der Waals surface area (Å²) < 4.78 is 1.14. The Morgan fingerprint density at radius 1 is 0.778 bits per heavy atom. The van der Waals surface area contributed by atoms with Crippen molar-refractivity contribution in [3.05, 3.63) is 64.1 Å². The van der Waals surface area contributed by atoms with Crippen molar-refractivity contribution in [2.24, 2.45) is 0 Å². The smallest absolute Gasteiger partial charge is 0.423 e. The van der Waals surface area contributed by atoms with Crippen molar-refractivity contribution >= 4 is 28.5 Å². The van der Waals surface area contributed by atoms with Gasteiger partial charge < -0.3 is 10.0 Å². The summed E-state index contributed by atoms with van der Waals surface area (Å²) in [7, 11) is -1.35. The van der Waals surface area contributed by atoms with Crippen molar-refractivity contribution in [2.75, 3.05) is 0 Å². The predicted molar refractivity (Wildman–Crippen MR) is 79.9 cm³/mol. The van der Waals surface area contributed by atoms with E-state index in [-0.39, 0.29) is 0 Å². The Kier molecular flexibility index (Phi) is 6.12. The second-order valence-electron chi connectivity index (χ2n) is 4.08. The molecule has 2 N–H and O–H groups in total. The molecule has 2 nitrogen and oxygen atoms in total. The minimum Gasteiger partial charge on any atom is -0.423 e. The van der Waals surface area contributed by atoms with E-state index in [1.807, 2.05) is 31.2 Å². The summed E-state index contributed by atoms with van der Waals surface area (Å²) in [6.07, 6.45) is 0. The Balaban J connectivity index is 0.000000184. The summed E-state index contributed by atoms with van der Waals surface area (Å²) in [5.41, 5.74) is 2.95. The fraction of sp³-hybridized carbons (Fsp3) is 0.143. The van der Waals surface area contributed by atoms with E-state index in [2.05, 4.69) is 35.0 Å². The van der Waals surface area contributed by atoms with Gasteiger partial charge in [0.1, 0.15) is 0 Å². The number of benzene rings is 2. The van der Waals surface area contributed by atoms with Gasteiger partial charge in [0.15, 0.2) is 0 Å². The Hall–Kier alpha value is -1.10. The van der Waals surface area contributed by atoms with Gasteiger partial charge in [-0.3, -0.25) is 0 Å². The topological polar surface area (TPSA) is 40.5 Å². The van der Waals surface area contributed by atoms with Crippen LogP contribution in [0.15, 0.2) is 53.0 Å². The third-order valence-corrected chi connectivity index (χ3v) is 2.92. The third kappa shape index (κ3) is 5.49. The van der Waals surface area contributed by atoms with Crippen molar-refractivity contribution in [2.45, 2.75) is 13.8 Å². The van der Waals surface area contributed by atoms with Gasteiger partial charge in [0.05, 0.1) is 0 Å². The lowest BCUT2D eigenvalue weighted by molar-refractivity contribution is 0.426. The monoisotopic (exact) mass is 306 g/mol. The Bertz CT molecular complexity index is 445. The second kappa shape index (κ2) is 7.36. The highest BCUT2D eigenvalue weighted by Crippen LogP contribution is 2.08. The van der Waals surface area contributed by atoms with Gasteiger partial charge in [-0.15, -0.1) is 0 Å². The van der Waals surface area contributed by atoms with Gasteiger partial charge in [-0.25, -0.2) is 0 Å². The van der Waals surface area contributed by atoms with Gasteiger partial charge in [0, 0.05) is 4.47 Å². The molecule has 0 unspecified atom stereocenters. The lowest BCUT2D eigenvalue weighted by atomic mass is 9.80.